The second-order valence-electron chi connectivity index (χ2n) is 3.01. The summed E-state index contributed by atoms with van der Waals surface area (Å²) in [6.07, 6.45) is -4.67. The second-order valence-corrected chi connectivity index (χ2v) is 3.87. The largest absolute Gasteiger partial charge is 0.418 e. The van der Waals surface area contributed by atoms with Crippen LogP contribution in [0.1, 0.15) is 28.4 Å². The zero-order valence-electron chi connectivity index (χ0n) is 8.02. The van der Waals surface area contributed by atoms with E-state index in [1.165, 1.54) is 12.1 Å². The van der Waals surface area contributed by atoms with Gasteiger partial charge in [0.2, 0.25) is 0 Å². The smallest absolute Gasteiger partial charge is 0.294 e. The Morgan fingerprint density at radius 1 is 1.44 bits per heavy atom. The zero-order valence-corrected chi connectivity index (χ0v) is 9.61. The van der Waals surface area contributed by atoms with Gasteiger partial charge in [-0.3, -0.25) is 4.79 Å². The summed E-state index contributed by atoms with van der Waals surface area (Å²) in [7, 11) is 0. The van der Waals surface area contributed by atoms with Gasteiger partial charge in [-0.05, 0) is 19.1 Å². The van der Waals surface area contributed by atoms with Crippen LogP contribution in [-0.2, 0) is 6.18 Å². The molecule has 1 rings (SSSR count). The first-order valence-electron chi connectivity index (χ1n) is 4.09. The molecule has 16 heavy (non-hydrogen) atoms. The Labute approximate surface area is 97.8 Å². The Morgan fingerprint density at radius 3 is 2.38 bits per heavy atom. The maximum atomic E-state index is 12.6. The third-order valence-corrected chi connectivity index (χ3v) is 2.59. The predicted molar refractivity (Wildman–Crippen MR) is 53.9 cm³/mol. The van der Waals surface area contributed by atoms with Crippen molar-refractivity contribution in [3.63, 3.8) is 0 Å². The quantitative estimate of drug-likeness (QED) is 0.743. The van der Waals surface area contributed by atoms with E-state index in [1.54, 1.807) is 0 Å². The fourth-order valence-electron chi connectivity index (χ4n) is 1.26. The van der Waals surface area contributed by atoms with Crippen molar-refractivity contribution >= 4 is 21.7 Å². The molecule has 2 nitrogen and oxygen atoms in total. The van der Waals surface area contributed by atoms with E-state index in [1.807, 2.05) is 0 Å². The van der Waals surface area contributed by atoms with Crippen molar-refractivity contribution in [3.05, 3.63) is 33.3 Å². The third-order valence-electron chi connectivity index (χ3n) is 1.93. The van der Waals surface area contributed by atoms with E-state index in [0.717, 1.165) is 13.0 Å². The lowest BCUT2D eigenvalue weighted by Crippen LogP contribution is -2.12. The van der Waals surface area contributed by atoms with Gasteiger partial charge in [-0.25, -0.2) is 0 Å². The van der Waals surface area contributed by atoms with Crippen LogP contribution in [0.15, 0.2) is 16.6 Å². The van der Waals surface area contributed by atoms with Gasteiger partial charge < -0.3 is 0 Å². The number of ketones is 1. The number of rotatable bonds is 1. The Morgan fingerprint density at radius 2 is 2.00 bits per heavy atom. The minimum absolute atomic E-state index is 0.224. The Balaban J connectivity index is 3.66. The average molecular weight is 292 g/mol. The highest BCUT2D eigenvalue weighted by molar-refractivity contribution is 9.10. The van der Waals surface area contributed by atoms with Gasteiger partial charge in [-0.1, -0.05) is 15.9 Å². The lowest BCUT2D eigenvalue weighted by molar-refractivity contribution is -0.138. The van der Waals surface area contributed by atoms with Gasteiger partial charge >= 0.3 is 6.18 Å². The van der Waals surface area contributed by atoms with Crippen molar-refractivity contribution in [3.8, 4) is 6.07 Å². The van der Waals surface area contributed by atoms with Gasteiger partial charge in [0, 0.05) is 10.0 Å². The van der Waals surface area contributed by atoms with Crippen LogP contribution in [0.2, 0.25) is 0 Å². The van der Waals surface area contributed by atoms with Crippen LogP contribution >= 0.6 is 15.9 Å². The summed E-state index contributed by atoms with van der Waals surface area (Å²) in [5, 5.41) is 8.71. The maximum Gasteiger partial charge on any atom is 0.418 e. The molecule has 1 aromatic carbocycles. The first-order chi connectivity index (χ1) is 7.29. The van der Waals surface area contributed by atoms with Crippen molar-refractivity contribution in [2.75, 3.05) is 0 Å². The summed E-state index contributed by atoms with van der Waals surface area (Å²) in [6, 6.07) is 3.73. The molecule has 84 valence electrons. The van der Waals surface area contributed by atoms with Crippen molar-refractivity contribution in [1.82, 2.24) is 0 Å². The number of benzene rings is 1. The molecule has 0 N–H and O–H groups in total. The molecule has 0 aromatic heterocycles. The van der Waals surface area contributed by atoms with E-state index in [0.29, 0.717) is 0 Å². The van der Waals surface area contributed by atoms with E-state index < -0.39 is 23.1 Å². The third kappa shape index (κ3) is 2.25. The monoisotopic (exact) mass is 291 g/mol. The molecular formula is C10H5BrF3NO. The van der Waals surface area contributed by atoms with Crippen molar-refractivity contribution in [2.45, 2.75) is 13.1 Å². The topological polar surface area (TPSA) is 40.9 Å². The number of nitriles is 1. The van der Waals surface area contributed by atoms with Crippen LogP contribution in [0, 0.1) is 11.3 Å². The Hall–Kier alpha value is -1.35. The molecule has 0 fully saturated rings. The highest BCUT2D eigenvalue weighted by Crippen LogP contribution is 2.38. The number of nitrogens with zero attached hydrogens (tertiary/aromatic N) is 1. The SMILES string of the molecule is CC(=O)c1ccc(Br)c(C(F)(F)F)c1C#N. The summed E-state index contributed by atoms with van der Waals surface area (Å²) in [4.78, 5) is 11.1. The molecule has 0 aliphatic heterocycles. The molecule has 0 bridgehead atoms. The summed E-state index contributed by atoms with van der Waals surface area (Å²) >= 11 is 2.72. The first kappa shape index (κ1) is 12.7. The van der Waals surface area contributed by atoms with Gasteiger partial charge in [-0.15, -0.1) is 0 Å². The van der Waals surface area contributed by atoms with E-state index in [-0.39, 0.29) is 10.0 Å². The van der Waals surface area contributed by atoms with Crippen molar-refractivity contribution < 1.29 is 18.0 Å². The molecule has 0 spiro atoms. The van der Waals surface area contributed by atoms with Gasteiger partial charge in [-0.2, -0.15) is 18.4 Å². The summed E-state index contributed by atoms with van der Waals surface area (Å²) in [5.41, 5.74) is -1.98. The van der Waals surface area contributed by atoms with Crippen LogP contribution in [0.25, 0.3) is 0 Å². The molecule has 0 unspecified atom stereocenters. The van der Waals surface area contributed by atoms with Crippen LogP contribution in [0.3, 0.4) is 0 Å². The standard InChI is InChI=1S/C10H5BrF3NO/c1-5(16)6-2-3-8(11)9(7(6)4-15)10(12,13)14/h2-3H,1H3. The molecule has 0 heterocycles. The lowest BCUT2D eigenvalue weighted by Gasteiger charge is -2.12. The van der Waals surface area contributed by atoms with E-state index in [9.17, 15) is 18.0 Å². The molecule has 0 saturated heterocycles. The molecule has 0 atom stereocenters. The minimum atomic E-state index is -4.67. The lowest BCUT2D eigenvalue weighted by atomic mass is 9.99. The van der Waals surface area contributed by atoms with Crippen LogP contribution in [0.5, 0.6) is 0 Å². The van der Waals surface area contributed by atoms with Gasteiger partial charge in [0.15, 0.2) is 5.78 Å². The van der Waals surface area contributed by atoms with E-state index in [4.69, 9.17) is 5.26 Å². The zero-order chi connectivity index (χ0) is 12.5. The fraction of sp³-hybridized carbons (Fsp3) is 0.200. The van der Waals surface area contributed by atoms with Crippen molar-refractivity contribution in [2.24, 2.45) is 0 Å². The van der Waals surface area contributed by atoms with Crippen molar-refractivity contribution in [1.29, 1.82) is 5.26 Å². The molecular weight excluding hydrogens is 287 g/mol. The Kier molecular flexibility index (Phi) is 3.38. The minimum Gasteiger partial charge on any atom is -0.294 e. The molecule has 0 amide bonds. The second kappa shape index (κ2) is 4.26. The molecule has 0 radical (unpaired) electrons. The van der Waals surface area contributed by atoms with Crippen LogP contribution in [0.4, 0.5) is 13.2 Å². The van der Waals surface area contributed by atoms with Gasteiger partial charge in [0.25, 0.3) is 0 Å². The highest BCUT2D eigenvalue weighted by atomic mass is 79.9. The van der Waals surface area contributed by atoms with Gasteiger partial charge in [0.05, 0.1) is 11.1 Å². The maximum absolute atomic E-state index is 12.6. The number of hydrogen-bond donors (Lipinski definition) is 0. The molecule has 0 aliphatic rings. The number of halogens is 4. The summed E-state index contributed by atoms with van der Waals surface area (Å²) in [6.45, 7) is 1.12. The number of carbonyl (C=O) groups excluding carboxylic acids is 1. The van der Waals surface area contributed by atoms with Crippen LogP contribution in [-0.4, -0.2) is 5.78 Å². The molecule has 0 aliphatic carbocycles. The van der Waals surface area contributed by atoms with Crippen LogP contribution < -0.4 is 0 Å². The van der Waals surface area contributed by atoms with E-state index in [2.05, 4.69) is 15.9 Å². The summed E-state index contributed by atoms with van der Waals surface area (Å²) in [5.74, 6) is -0.574. The summed E-state index contributed by atoms with van der Waals surface area (Å²) < 4.78 is 37.7. The number of alkyl halides is 3. The van der Waals surface area contributed by atoms with Gasteiger partial charge in [0.1, 0.15) is 6.07 Å². The molecule has 1 aromatic rings. The van der Waals surface area contributed by atoms with E-state index >= 15 is 0 Å². The average Bonchev–Trinajstić information content (AvgIpc) is 2.14. The number of Topliss-reactive ketones (excluding diaryl/α,β-unsaturated/α-hetero) is 1. The fourth-order valence-corrected chi connectivity index (χ4v) is 1.82. The number of carbonyl (C=O) groups is 1. The highest BCUT2D eigenvalue weighted by Gasteiger charge is 2.37. The normalized spacial score (nSPS) is 11.0. The molecule has 0 saturated carbocycles. The Bertz CT molecular complexity index is 488. The predicted octanol–water partition coefficient (Wildman–Crippen LogP) is 3.54. The number of hydrogen-bond acceptors (Lipinski definition) is 2. The molecule has 6 heteroatoms. The first-order valence-corrected chi connectivity index (χ1v) is 4.89.